The van der Waals surface area contributed by atoms with E-state index in [-0.39, 0.29) is 12.5 Å². The molecule has 0 aliphatic carbocycles. The summed E-state index contributed by atoms with van der Waals surface area (Å²) >= 11 is 1.52. The predicted molar refractivity (Wildman–Crippen MR) is 74.5 cm³/mol. The highest BCUT2D eigenvalue weighted by atomic mass is 32.1. The Balaban J connectivity index is 1.80. The number of thiophene rings is 1. The highest BCUT2D eigenvalue weighted by Gasteiger charge is 2.08. The first kappa shape index (κ1) is 13.5. The van der Waals surface area contributed by atoms with Gasteiger partial charge in [-0.3, -0.25) is 9.48 Å². The zero-order valence-electron chi connectivity index (χ0n) is 10.5. The number of aryl methyl sites for hydroxylation is 1. The molecule has 2 N–H and O–H groups in total. The van der Waals surface area contributed by atoms with Crippen molar-refractivity contribution < 1.29 is 9.90 Å². The normalized spacial score (nSPS) is 12.7. The van der Waals surface area contributed by atoms with E-state index < -0.39 is 6.10 Å². The first-order valence-electron chi connectivity index (χ1n) is 5.80. The Hall–Kier alpha value is -1.92. The van der Waals surface area contributed by atoms with Gasteiger partial charge in [-0.05, 0) is 28.5 Å². The minimum Gasteiger partial charge on any atom is -0.387 e. The summed E-state index contributed by atoms with van der Waals surface area (Å²) in [5, 5.41) is 20.2. The van der Waals surface area contributed by atoms with Crippen molar-refractivity contribution in [3.8, 4) is 0 Å². The van der Waals surface area contributed by atoms with E-state index in [0.29, 0.717) is 0 Å². The molecule has 1 amide bonds. The fourth-order valence-electron chi connectivity index (χ4n) is 1.54. The third-order valence-electron chi connectivity index (χ3n) is 2.55. The predicted octanol–water partition coefficient (Wildman–Crippen LogP) is 1.34. The zero-order chi connectivity index (χ0) is 13.7. The topological polar surface area (TPSA) is 67.2 Å². The molecule has 0 aromatic carbocycles. The molecular weight excluding hydrogens is 262 g/mol. The van der Waals surface area contributed by atoms with Gasteiger partial charge in [-0.25, -0.2) is 0 Å². The second-order valence-electron chi connectivity index (χ2n) is 4.10. The van der Waals surface area contributed by atoms with E-state index in [9.17, 15) is 9.90 Å². The van der Waals surface area contributed by atoms with Crippen LogP contribution >= 0.6 is 11.3 Å². The summed E-state index contributed by atoms with van der Waals surface area (Å²) in [5.41, 5.74) is 1.68. The van der Waals surface area contributed by atoms with Crippen LogP contribution in [0, 0.1) is 0 Å². The lowest BCUT2D eigenvalue weighted by Gasteiger charge is -2.08. The maximum atomic E-state index is 11.6. The smallest absolute Gasteiger partial charge is 0.244 e. The molecule has 0 spiro atoms. The van der Waals surface area contributed by atoms with Crippen molar-refractivity contribution in [3.05, 3.63) is 46.4 Å². The van der Waals surface area contributed by atoms with E-state index in [1.54, 1.807) is 17.0 Å². The maximum absolute atomic E-state index is 11.6. The van der Waals surface area contributed by atoms with E-state index in [1.807, 2.05) is 30.1 Å². The molecule has 5 nitrogen and oxygen atoms in total. The minimum absolute atomic E-state index is 0.201. The van der Waals surface area contributed by atoms with Crippen molar-refractivity contribution in [2.24, 2.45) is 7.05 Å². The number of aliphatic hydroxyl groups excluding tert-OH is 1. The van der Waals surface area contributed by atoms with Crippen molar-refractivity contribution in [2.45, 2.75) is 6.10 Å². The molecule has 6 heteroatoms. The maximum Gasteiger partial charge on any atom is 0.244 e. The third kappa shape index (κ3) is 4.04. The van der Waals surface area contributed by atoms with Gasteiger partial charge in [0.15, 0.2) is 0 Å². The average Bonchev–Trinajstić information content (AvgIpc) is 3.04. The van der Waals surface area contributed by atoms with E-state index in [1.165, 1.54) is 17.4 Å². The van der Waals surface area contributed by atoms with Crippen LogP contribution in [0.1, 0.15) is 17.2 Å². The number of rotatable bonds is 5. The Labute approximate surface area is 115 Å². The SMILES string of the molecule is Cn1cc(/C=C/C(=O)NCC(O)c2ccsc2)cn1. The Morgan fingerprint density at radius 2 is 2.53 bits per heavy atom. The van der Waals surface area contributed by atoms with E-state index in [2.05, 4.69) is 10.4 Å². The van der Waals surface area contributed by atoms with Crippen molar-refractivity contribution in [3.63, 3.8) is 0 Å². The number of aliphatic hydroxyl groups is 1. The minimum atomic E-state index is -0.665. The highest BCUT2D eigenvalue weighted by molar-refractivity contribution is 7.07. The zero-order valence-corrected chi connectivity index (χ0v) is 11.3. The van der Waals surface area contributed by atoms with Gasteiger partial charge in [0.1, 0.15) is 0 Å². The molecule has 2 rings (SSSR count). The number of nitrogens with one attached hydrogen (secondary N) is 1. The van der Waals surface area contributed by atoms with Crippen LogP contribution in [0.2, 0.25) is 0 Å². The Kier molecular flexibility index (Phi) is 4.48. The molecule has 0 fully saturated rings. The van der Waals surface area contributed by atoms with E-state index >= 15 is 0 Å². The van der Waals surface area contributed by atoms with Crippen LogP contribution < -0.4 is 5.32 Å². The molecule has 19 heavy (non-hydrogen) atoms. The van der Waals surface area contributed by atoms with Gasteiger partial charge in [0.2, 0.25) is 5.91 Å². The quantitative estimate of drug-likeness (QED) is 0.811. The molecule has 0 bridgehead atoms. The number of hydrogen-bond donors (Lipinski definition) is 2. The van der Waals surface area contributed by atoms with Gasteiger partial charge in [-0.2, -0.15) is 16.4 Å². The van der Waals surface area contributed by atoms with Gasteiger partial charge in [-0.15, -0.1) is 0 Å². The van der Waals surface area contributed by atoms with Gasteiger partial charge in [0, 0.05) is 31.4 Å². The number of hydrogen-bond acceptors (Lipinski definition) is 4. The fourth-order valence-corrected chi connectivity index (χ4v) is 2.24. The van der Waals surface area contributed by atoms with Gasteiger partial charge < -0.3 is 10.4 Å². The molecule has 1 unspecified atom stereocenters. The molecule has 100 valence electrons. The molecule has 0 saturated heterocycles. The van der Waals surface area contributed by atoms with Crippen molar-refractivity contribution >= 4 is 23.3 Å². The van der Waals surface area contributed by atoms with Crippen LogP contribution in [0.4, 0.5) is 0 Å². The summed E-state index contributed by atoms with van der Waals surface area (Å²) in [4.78, 5) is 11.6. The van der Waals surface area contributed by atoms with Crippen LogP contribution in [0.3, 0.4) is 0 Å². The monoisotopic (exact) mass is 277 g/mol. The summed E-state index contributed by atoms with van der Waals surface area (Å²) in [6.45, 7) is 0.201. The largest absolute Gasteiger partial charge is 0.387 e. The Bertz CT molecular complexity index is 560. The second-order valence-corrected chi connectivity index (χ2v) is 4.88. The summed E-state index contributed by atoms with van der Waals surface area (Å²) in [7, 11) is 1.81. The fraction of sp³-hybridized carbons (Fsp3) is 0.231. The molecule has 0 aliphatic heterocycles. The standard InChI is InChI=1S/C13H15N3O2S/c1-16-8-10(6-15-16)2-3-13(18)14-7-12(17)11-4-5-19-9-11/h2-6,8-9,12,17H,7H2,1H3,(H,14,18)/b3-2+. The van der Waals surface area contributed by atoms with E-state index in [4.69, 9.17) is 0 Å². The van der Waals surface area contributed by atoms with Crippen molar-refractivity contribution in [1.82, 2.24) is 15.1 Å². The van der Waals surface area contributed by atoms with Crippen molar-refractivity contribution in [2.75, 3.05) is 6.54 Å². The number of nitrogens with zero attached hydrogens (tertiary/aromatic N) is 2. The number of aromatic nitrogens is 2. The van der Waals surface area contributed by atoms with Crippen LogP contribution in [0.5, 0.6) is 0 Å². The molecule has 2 heterocycles. The highest BCUT2D eigenvalue weighted by Crippen LogP contribution is 2.14. The summed E-state index contributed by atoms with van der Waals surface area (Å²) in [6, 6.07) is 1.84. The molecule has 0 aliphatic rings. The lowest BCUT2D eigenvalue weighted by molar-refractivity contribution is -0.116. The van der Waals surface area contributed by atoms with Crippen LogP contribution in [-0.2, 0) is 11.8 Å². The molecular formula is C13H15N3O2S. The third-order valence-corrected chi connectivity index (χ3v) is 3.25. The van der Waals surface area contributed by atoms with Gasteiger partial charge in [0.25, 0.3) is 0 Å². The molecule has 0 saturated carbocycles. The molecule has 1 atom stereocenters. The van der Waals surface area contributed by atoms with Crippen molar-refractivity contribution in [1.29, 1.82) is 0 Å². The Morgan fingerprint density at radius 3 is 3.16 bits per heavy atom. The second kappa shape index (κ2) is 6.31. The Morgan fingerprint density at radius 1 is 1.68 bits per heavy atom. The van der Waals surface area contributed by atoms with Crippen LogP contribution in [0.25, 0.3) is 6.08 Å². The molecule has 0 radical (unpaired) electrons. The summed E-state index contributed by atoms with van der Waals surface area (Å²) in [6.07, 6.45) is 5.92. The lowest BCUT2D eigenvalue weighted by Crippen LogP contribution is -2.26. The van der Waals surface area contributed by atoms with Gasteiger partial charge >= 0.3 is 0 Å². The number of carbonyl (C=O) groups excluding carboxylic acids is 1. The van der Waals surface area contributed by atoms with Crippen LogP contribution in [0.15, 0.2) is 35.3 Å². The van der Waals surface area contributed by atoms with Gasteiger partial charge in [-0.1, -0.05) is 0 Å². The first-order valence-corrected chi connectivity index (χ1v) is 6.74. The molecule has 2 aromatic rings. The first-order chi connectivity index (χ1) is 9.15. The van der Waals surface area contributed by atoms with Gasteiger partial charge in [0.05, 0.1) is 12.3 Å². The lowest BCUT2D eigenvalue weighted by atomic mass is 10.2. The summed E-state index contributed by atoms with van der Waals surface area (Å²) in [5.74, 6) is -0.238. The number of carbonyl (C=O) groups is 1. The molecule has 2 aromatic heterocycles. The summed E-state index contributed by atoms with van der Waals surface area (Å²) < 4.78 is 1.66. The van der Waals surface area contributed by atoms with Crippen LogP contribution in [-0.4, -0.2) is 27.3 Å². The number of amides is 1. The van der Waals surface area contributed by atoms with E-state index in [0.717, 1.165) is 11.1 Å². The average molecular weight is 277 g/mol.